The molecule has 0 fully saturated rings. The predicted octanol–water partition coefficient (Wildman–Crippen LogP) is 4.45. The molecular formula is C25H18F2N2O6. The van der Waals surface area contributed by atoms with Crippen molar-refractivity contribution in [1.29, 1.82) is 0 Å². The zero-order valence-electron chi connectivity index (χ0n) is 18.1. The minimum Gasteiger partial charge on any atom is -0.293 e. The van der Waals surface area contributed by atoms with Crippen LogP contribution in [0.2, 0.25) is 0 Å². The first-order chi connectivity index (χ1) is 16.7. The molecule has 3 aromatic rings. The number of Topliss-reactive ketones (excluding diaryl/α,β-unsaturated/α-hetero) is 2. The fourth-order valence-electron chi connectivity index (χ4n) is 5.07. The lowest BCUT2D eigenvalue weighted by Crippen LogP contribution is -2.49. The number of nitro groups is 2. The molecule has 0 saturated heterocycles. The van der Waals surface area contributed by atoms with Crippen molar-refractivity contribution in [2.45, 2.75) is 11.8 Å². The van der Waals surface area contributed by atoms with Gasteiger partial charge in [0, 0.05) is 21.0 Å². The molecule has 0 radical (unpaired) electrons. The zero-order chi connectivity index (χ0) is 25.3. The van der Waals surface area contributed by atoms with Crippen LogP contribution in [0.5, 0.6) is 0 Å². The van der Waals surface area contributed by atoms with E-state index in [1.165, 1.54) is 48.5 Å². The Kier molecular flexibility index (Phi) is 6.21. The fraction of sp³-hybridized carbons (Fsp3) is 0.200. The summed E-state index contributed by atoms with van der Waals surface area (Å²) in [5.41, 5.74) is -2.56. The van der Waals surface area contributed by atoms with Crippen LogP contribution in [0.15, 0.2) is 72.8 Å². The van der Waals surface area contributed by atoms with Crippen molar-refractivity contribution in [3.05, 3.63) is 127 Å². The average Bonchev–Trinajstić information content (AvgIpc) is 3.03. The third-order valence-corrected chi connectivity index (χ3v) is 6.43. The number of benzene rings is 3. The van der Waals surface area contributed by atoms with Gasteiger partial charge in [0.1, 0.15) is 17.0 Å². The van der Waals surface area contributed by atoms with Gasteiger partial charge in [-0.05, 0) is 35.4 Å². The Hall–Kier alpha value is -4.34. The van der Waals surface area contributed by atoms with E-state index in [2.05, 4.69) is 0 Å². The van der Waals surface area contributed by atoms with E-state index in [0.717, 1.165) is 24.3 Å². The number of hydrogen-bond donors (Lipinski definition) is 0. The van der Waals surface area contributed by atoms with Crippen molar-refractivity contribution in [2.24, 2.45) is 5.41 Å². The highest BCUT2D eigenvalue weighted by atomic mass is 19.1. The quantitative estimate of drug-likeness (QED) is 0.267. The first-order valence-corrected chi connectivity index (χ1v) is 10.6. The van der Waals surface area contributed by atoms with Crippen LogP contribution in [-0.4, -0.2) is 34.5 Å². The van der Waals surface area contributed by atoms with E-state index in [1.54, 1.807) is 0 Å². The highest BCUT2D eigenvalue weighted by molar-refractivity contribution is 6.30. The van der Waals surface area contributed by atoms with E-state index < -0.39 is 63.4 Å². The summed E-state index contributed by atoms with van der Waals surface area (Å²) in [5, 5.41) is 23.6. The van der Waals surface area contributed by atoms with Crippen LogP contribution in [0.1, 0.15) is 43.7 Å². The molecule has 10 heteroatoms. The average molecular weight is 480 g/mol. The van der Waals surface area contributed by atoms with Gasteiger partial charge in [-0.15, -0.1) is 0 Å². The molecule has 0 spiro atoms. The van der Waals surface area contributed by atoms with Crippen molar-refractivity contribution in [1.82, 2.24) is 0 Å². The second kappa shape index (κ2) is 9.13. The van der Waals surface area contributed by atoms with Crippen LogP contribution in [0.3, 0.4) is 0 Å². The Bertz CT molecular complexity index is 1260. The van der Waals surface area contributed by atoms with Gasteiger partial charge < -0.3 is 0 Å². The molecule has 0 aliphatic heterocycles. The summed E-state index contributed by atoms with van der Waals surface area (Å²) < 4.78 is 28.4. The first kappa shape index (κ1) is 23.8. The summed E-state index contributed by atoms with van der Waals surface area (Å²) >= 11 is 0. The van der Waals surface area contributed by atoms with Gasteiger partial charge in [-0.2, -0.15) is 0 Å². The number of rotatable bonds is 8. The lowest BCUT2D eigenvalue weighted by Gasteiger charge is -2.38. The third-order valence-electron chi connectivity index (χ3n) is 6.43. The van der Waals surface area contributed by atoms with E-state index in [-0.39, 0.29) is 22.3 Å². The molecule has 1 aliphatic carbocycles. The second-order valence-corrected chi connectivity index (χ2v) is 8.32. The second-order valence-electron chi connectivity index (χ2n) is 8.32. The fourth-order valence-corrected chi connectivity index (χ4v) is 5.07. The van der Waals surface area contributed by atoms with Crippen LogP contribution in [0.4, 0.5) is 8.78 Å². The molecule has 0 heterocycles. The summed E-state index contributed by atoms with van der Waals surface area (Å²) in [5.74, 6) is -6.39. The highest BCUT2D eigenvalue weighted by Crippen LogP contribution is 2.55. The van der Waals surface area contributed by atoms with Gasteiger partial charge in [-0.1, -0.05) is 48.5 Å². The standard InChI is InChI=1S/C25H18F2N2O6/c26-17-7-3-5-15(11-17)21(13-28(32)33)25(23(30)19-9-1-2-10-20(19)24(25)31)22(14-29(34)35)16-6-4-8-18(27)12-16/h1-12,21-22H,13-14H2. The van der Waals surface area contributed by atoms with Crippen LogP contribution in [0, 0.1) is 37.3 Å². The topological polar surface area (TPSA) is 120 Å². The minimum atomic E-state index is -2.38. The minimum absolute atomic E-state index is 0.0408. The van der Waals surface area contributed by atoms with Gasteiger partial charge in [0.25, 0.3) is 0 Å². The van der Waals surface area contributed by atoms with Gasteiger partial charge >= 0.3 is 0 Å². The molecule has 2 unspecified atom stereocenters. The Morgan fingerprint density at radius 1 is 0.686 bits per heavy atom. The van der Waals surface area contributed by atoms with Crippen LogP contribution >= 0.6 is 0 Å². The summed E-state index contributed by atoms with van der Waals surface area (Å²) in [7, 11) is 0. The maximum absolute atomic E-state index is 14.2. The molecule has 0 amide bonds. The molecule has 4 rings (SSSR count). The van der Waals surface area contributed by atoms with E-state index in [0.29, 0.717) is 0 Å². The molecule has 0 bridgehead atoms. The molecular weight excluding hydrogens is 462 g/mol. The number of nitrogens with zero attached hydrogens (tertiary/aromatic N) is 2. The van der Waals surface area contributed by atoms with Crippen molar-refractivity contribution in [3.8, 4) is 0 Å². The van der Waals surface area contributed by atoms with Crippen molar-refractivity contribution in [3.63, 3.8) is 0 Å². The molecule has 8 nitrogen and oxygen atoms in total. The maximum Gasteiger partial charge on any atom is 0.212 e. The molecule has 0 aromatic heterocycles. The SMILES string of the molecule is O=C1c2ccccc2C(=O)C1(C(C[N+](=O)[O-])c1cccc(F)c1)C(C[N+](=O)[O-])c1cccc(F)c1. The van der Waals surface area contributed by atoms with Crippen LogP contribution in [0.25, 0.3) is 0 Å². The van der Waals surface area contributed by atoms with Crippen LogP contribution < -0.4 is 0 Å². The normalized spacial score (nSPS) is 15.9. The van der Waals surface area contributed by atoms with Crippen molar-refractivity contribution < 1.29 is 28.2 Å². The number of ketones is 2. The maximum atomic E-state index is 14.2. The predicted molar refractivity (Wildman–Crippen MR) is 120 cm³/mol. The first-order valence-electron chi connectivity index (χ1n) is 10.6. The third kappa shape index (κ3) is 4.07. The number of carbonyl (C=O) groups is 2. The highest BCUT2D eigenvalue weighted by Gasteiger charge is 2.65. The Morgan fingerprint density at radius 3 is 1.43 bits per heavy atom. The number of carbonyl (C=O) groups excluding carboxylic acids is 2. The smallest absolute Gasteiger partial charge is 0.212 e. The van der Waals surface area contributed by atoms with E-state index in [9.17, 15) is 38.6 Å². The molecule has 1 aliphatic rings. The summed E-state index contributed by atoms with van der Waals surface area (Å²) in [6.45, 7) is -1.98. The van der Waals surface area contributed by atoms with E-state index >= 15 is 0 Å². The van der Waals surface area contributed by atoms with E-state index in [4.69, 9.17) is 0 Å². The van der Waals surface area contributed by atoms with Gasteiger partial charge in [0.05, 0.1) is 11.8 Å². The van der Waals surface area contributed by atoms with Gasteiger partial charge in [0.15, 0.2) is 11.6 Å². The molecule has 2 atom stereocenters. The zero-order valence-corrected chi connectivity index (χ0v) is 18.1. The Morgan fingerprint density at radius 2 is 1.09 bits per heavy atom. The monoisotopic (exact) mass is 480 g/mol. The molecule has 0 saturated carbocycles. The summed E-state index contributed by atoms with van der Waals surface area (Å²) in [6, 6.07) is 15.0. The van der Waals surface area contributed by atoms with Crippen LogP contribution in [-0.2, 0) is 0 Å². The number of hydrogen-bond acceptors (Lipinski definition) is 6. The largest absolute Gasteiger partial charge is 0.293 e. The molecule has 35 heavy (non-hydrogen) atoms. The van der Waals surface area contributed by atoms with Gasteiger partial charge in [-0.25, -0.2) is 8.78 Å². The Balaban J connectivity index is 2.09. The molecule has 178 valence electrons. The Labute approximate surface area is 197 Å². The number of halogens is 2. The lowest BCUT2D eigenvalue weighted by atomic mass is 9.59. The molecule has 0 N–H and O–H groups in total. The number of fused-ring (bicyclic) bond motifs is 1. The van der Waals surface area contributed by atoms with E-state index in [1.807, 2.05) is 0 Å². The van der Waals surface area contributed by atoms with Crippen molar-refractivity contribution in [2.75, 3.05) is 13.1 Å². The lowest BCUT2D eigenvalue weighted by molar-refractivity contribution is -0.492. The van der Waals surface area contributed by atoms with Gasteiger partial charge in [0.2, 0.25) is 13.1 Å². The van der Waals surface area contributed by atoms with Gasteiger partial charge in [-0.3, -0.25) is 29.8 Å². The summed E-state index contributed by atoms with van der Waals surface area (Å²) in [4.78, 5) is 50.1. The summed E-state index contributed by atoms with van der Waals surface area (Å²) in [6.07, 6.45) is 0. The van der Waals surface area contributed by atoms with Crippen molar-refractivity contribution >= 4 is 11.6 Å². The molecule has 3 aromatic carbocycles.